The minimum absolute atomic E-state index is 0.266. The Morgan fingerprint density at radius 3 is 2.17 bits per heavy atom. The van der Waals surface area contributed by atoms with E-state index in [0.717, 1.165) is 39.0 Å². The molecule has 3 aromatic carbocycles. The van der Waals surface area contributed by atoms with E-state index in [1.807, 2.05) is 36.4 Å². The van der Waals surface area contributed by atoms with Crippen LogP contribution in [-0.2, 0) is 0 Å². The lowest BCUT2D eigenvalue weighted by Crippen LogP contribution is -1.84. The largest absolute Gasteiger partial charge is 0.508 e. The quantitative estimate of drug-likeness (QED) is 0.486. The zero-order valence-corrected chi connectivity index (χ0v) is 12.3. The van der Waals surface area contributed by atoms with E-state index in [9.17, 15) is 5.11 Å². The molecule has 1 aromatic heterocycles. The number of fused-ring (bicyclic) bond motifs is 1. The molecule has 0 aliphatic rings. The summed E-state index contributed by atoms with van der Waals surface area (Å²) in [6.07, 6.45) is 0. The maximum Gasteiger partial charge on any atom is 0.115 e. The number of aromatic nitrogens is 2. The van der Waals surface area contributed by atoms with Gasteiger partial charge in [0.2, 0.25) is 0 Å². The van der Waals surface area contributed by atoms with Crippen molar-refractivity contribution in [3.63, 3.8) is 0 Å². The van der Waals surface area contributed by atoms with Crippen molar-refractivity contribution in [2.75, 3.05) is 5.73 Å². The third-order valence-corrected chi connectivity index (χ3v) is 3.95. The molecule has 0 amide bonds. The summed E-state index contributed by atoms with van der Waals surface area (Å²) in [5.41, 5.74) is 11.5. The van der Waals surface area contributed by atoms with E-state index in [4.69, 9.17) is 5.73 Å². The molecule has 0 unspecified atom stereocenters. The SMILES string of the molecule is Nc1ccc(-c2n[nH]c3cc(-c4ccc(O)cc4)ccc23)cc1. The van der Waals surface area contributed by atoms with Crippen LogP contribution in [0.4, 0.5) is 5.69 Å². The first-order chi connectivity index (χ1) is 11.2. The Morgan fingerprint density at radius 2 is 1.43 bits per heavy atom. The lowest BCUT2D eigenvalue weighted by Gasteiger charge is -2.03. The lowest BCUT2D eigenvalue weighted by atomic mass is 10.0. The summed E-state index contributed by atoms with van der Waals surface area (Å²) in [5, 5.41) is 18.0. The van der Waals surface area contributed by atoms with E-state index < -0.39 is 0 Å². The Bertz CT molecular complexity index is 970. The van der Waals surface area contributed by atoms with Crippen LogP contribution >= 0.6 is 0 Å². The number of nitrogens with one attached hydrogen (secondary N) is 1. The van der Waals surface area contributed by atoms with Gasteiger partial charge in [0.05, 0.1) is 11.2 Å². The molecule has 4 rings (SSSR count). The highest BCUT2D eigenvalue weighted by Gasteiger charge is 2.09. The van der Waals surface area contributed by atoms with Gasteiger partial charge in [-0.1, -0.05) is 30.3 Å². The summed E-state index contributed by atoms with van der Waals surface area (Å²) in [4.78, 5) is 0. The molecule has 4 N–H and O–H groups in total. The third kappa shape index (κ3) is 2.40. The number of phenols is 1. The van der Waals surface area contributed by atoms with Crippen LogP contribution in [-0.4, -0.2) is 15.3 Å². The summed E-state index contributed by atoms with van der Waals surface area (Å²) < 4.78 is 0. The Labute approximate surface area is 133 Å². The minimum atomic E-state index is 0.266. The van der Waals surface area contributed by atoms with Crippen LogP contribution < -0.4 is 5.73 Å². The molecule has 0 saturated carbocycles. The summed E-state index contributed by atoms with van der Waals surface area (Å²) >= 11 is 0. The summed E-state index contributed by atoms with van der Waals surface area (Å²) in [6, 6.07) is 21.0. The summed E-state index contributed by atoms with van der Waals surface area (Å²) in [6.45, 7) is 0. The number of nitrogens with two attached hydrogens (primary N) is 1. The average Bonchev–Trinajstić information content (AvgIpc) is 2.99. The highest BCUT2D eigenvalue weighted by molar-refractivity contribution is 5.95. The summed E-state index contributed by atoms with van der Waals surface area (Å²) in [7, 11) is 0. The normalized spacial score (nSPS) is 11.0. The van der Waals surface area contributed by atoms with Gasteiger partial charge >= 0.3 is 0 Å². The fraction of sp³-hybridized carbons (Fsp3) is 0. The van der Waals surface area contributed by atoms with E-state index in [0.29, 0.717) is 0 Å². The van der Waals surface area contributed by atoms with Crippen LogP contribution in [0.15, 0.2) is 66.7 Å². The lowest BCUT2D eigenvalue weighted by molar-refractivity contribution is 0.475. The molecular formula is C19H15N3O. The topological polar surface area (TPSA) is 74.9 Å². The second kappa shape index (κ2) is 5.18. The van der Waals surface area contributed by atoms with Gasteiger partial charge in [-0.25, -0.2) is 0 Å². The number of H-pyrrole nitrogens is 1. The van der Waals surface area contributed by atoms with Crippen LogP contribution in [0.3, 0.4) is 0 Å². The molecule has 0 saturated heterocycles. The smallest absolute Gasteiger partial charge is 0.115 e. The number of aromatic amines is 1. The number of hydrogen-bond acceptors (Lipinski definition) is 3. The first-order valence-corrected chi connectivity index (χ1v) is 7.34. The van der Waals surface area contributed by atoms with E-state index in [1.165, 1.54) is 0 Å². The van der Waals surface area contributed by atoms with E-state index in [2.05, 4.69) is 28.4 Å². The van der Waals surface area contributed by atoms with Crippen molar-refractivity contribution in [2.45, 2.75) is 0 Å². The van der Waals surface area contributed by atoms with Gasteiger partial charge in [0.15, 0.2) is 0 Å². The highest BCUT2D eigenvalue weighted by Crippen LogP contribution is 2.30. The number of rotatable bonds is 2. The molecule has 0 aliphatic heterocycles. The van der Waals surface area contributed by atoms with E-state index in [-0.39, 0.29) is 5.75 Å². The molecule has 1 heterocycles. The summed E-state index contributed by atoms with van der Waals surface area (Å²) in [5.74, 6) is 0.266. The van der Waals surface area contributed by atoms with Gasteiger partial charge in [-0.05, 0) is 47.5 Å². The standard InChI is InChI=1S/C19H15N3O/c20-15-6-1-13(2-7-15)19-17-10-5-14(11-18(17)21-22-19)12-3-8-16(23)9-4-12/h1-11,23H,20H2,(H,21,22). The van der Waals surface area contributed by atoms with Crippen molar-refractivity contribution in [1.29, 1.82) is 0 Å². The van der Waals surface area contributed by atoms with Crippen molar-refractivity contribution in [3.8, 4) is 28.1 Å². The molecule has 4 aromatic rings. The van der Waals surface area contributed by atoms with Gasteiger partial charge in [-0.3, -0.25) is 5.10 Å². The fourth-order valence-electron chi connectivity index (χ4n) is 2.71. The van der Waals surface area contributed by atoms with Crippen molar-refractivity contribution in [2.24, 2.45) is 0 Å². The van der Waals surface area contributed by atoms with E-state index >= 15 is 0 Å². The predicted molar refractivity (Wildman–Crippen MR) is 93.0 cm³/mol. The van der Waals surface area contributed by atoms with Gasteiger partial charge in [-0.15, -0.1) is 0 Å². The van der Waals surface area contributed by atoms with E-state index in [1.54, 1.807) is 12.1 Å². The zero-order chi connectivity index (χ0) is 15.8. The van der Waals surface area contributed by atoms with Crippen LogP contribution in [0.5, 0.6) is 5.75 Å². The number of aromatic hydroxyl groups is 1. The van der Waals surface area contributed by atoms with Crippen molar-refractivity contribution < 1.29 is 5.11 Å². The molecule has 0 bridgehead atoms. The van der Waals surface area contributed by atoms with Crippen molar-refractivity contribution >= 4 is 16.6 Å². The second-order valence-electron chi connectivity index (χ2n) is 5.50. The molecule has 0 atom stereocenters. The first-order valence-electron chi connectivity index (χ1n) is 7.34. The van der Waals surface area contributed by atoms with Gasteiger partial charge < -0.3 is 10.8 Å². The fourth-order valence-corrected chi connectivity index (χ4v) is 2.71. The van der Waals surface area contributed by atoms with Crippen LogP contribution in [0.25, 0.3) is 33.3 Å². The number of nitrogens with zero attached hydrogens (tertiary/aromatic N) is 1. The molecule has 0 spiro atoms. The van der Waals surface area contributed by atoms with Crippen LogP contribution in [0.2, 0.25) is 0 Å². The molecule has 4 heteroatoms. The first kappa shape index (κ1) is 13.4. The number of nitrogen functional groups attached to an aromatic ring is 1. The molecule has 4 nitrogen and oxygen atoms in total. The van der Waals surface area contributed by atoms with Crippen molar-refractivity contribution in [1.82, 2.24) is 10.2 Å². The maximum atomic E-state index is 9.40. The molecule has 0 radical (unpaired) electrons. The van der Waals surface area contributed by atoms with Crippen LogP contribution in [0.1, 0.15) is 0 Å². The number of hydrogen-bond donors (Lipinski definition) is 3. The second-order valence-corrected chi connectivity index (χ2v) is 5.50. The maximum absolute atomic E-state index is 9.40. The van der Waals surface area contributed by atoms with Gasteiger partial charge in [0, 0.05) is 16.6 Å². The molecule has 23 heavy (non-hydrogen) atoms. The zero-order valence-electron chi connectivity index (χ0n) is 12.3. The third-order valence-electron chi connectivity index (χ3n) is 3.95. The monoisotopic (exact) mass is 301 g/mol. The van der Waals surface area contributed by atoms with Gasteiger partial charge in [-0.2, -0.15) is 5.10 Å². The van der Waals surface area contributed by atoms with Gasteiger partial charge in [0.25, 0.3) is 0 Å². The Hall–Kier alpha value is -3.27. The van der Waals surface area contributed by atoms with Crippen LogP contribution in [0, 0.1) is 0 Å². The molecule has 0 aliphatic carbocycles. The Kier molecular flexibility index (Phi) is 3.01. The number of anilines is 1. The minimum Gasteiger partial charge on any atom is -0.508 e. The molecular weight excluding hydrogens is 286 g/mol. The Morgan fingerprint density at radius 1 is 0.783 bits per heavy atom. The molecule has 112 valence electrons. The molecule has 0 fully saturated rings. The highest BCUT2D eigenvalue weighted by atomic mass is 16.3. The average molecular weight is 301 g/mol. The van der Waals surface area contributed by atoms with Gasteiger partial charge in [0.1, 0.15) is 5.75 Å². The number of benzene rings is 3. The Balaban J connectivity index is 1.79. The predicted octanol–water partition coefficient (Wildman–Crippen LogP) is 4.18. The number of phenolic OH excluding ortho intramolecular Hbond substituents is 1. The van der Waals surface area contributed by atoms with Crippen molar-refractivity contribution in [3.05, 3.63) is 66.7 Å².